The zero-order chi connectivity index (χ0) is 76.4. The molecule has 0 saturated carbocycles. The lowest BCUT2D eigenvalue weighted by Gasteiger charge is -2.27. The number of allylic oxidation sites excluding steroid dienone is 1. The van der Waals surface area contributed by atoms with Crippen LogP contribution in [0, 0.1) is 213 Å². The van der Waals surface area contributed by atoms with E-state index in [9.17, 15) is 9.59 Å². The Bertz CT molecular complexity index is 3750. The number of carbonyl (C=O) groups excluding carboxylic acids is 2. The van der Waals surface area contributed by atoms with Crippen LogP contribution in [0.15, 0.2) is 23.3 Å². The van der Waals surface area contributed by atoms with Gasteiger partial charge in [0.25, 0.3) is 0 Å². The van der Waals surface area contributed by atoms with Gasteiger partial charge in [-0.1, -0.05) is 122 Å². The highest BCUT2D eigenvalue weighted by Gasteiger charge is 2.39. The zero-order valence-corrected chi connectivity index (χ0v) is 71.2. The van der Waals surface area contributed by atoms with Crippen LogP contribution in [0.2, 0.25) is 0 Å². The molecular formula is C99H156O4. The van der Waals surface area contributed by atoms with E-state index >= 15 is 0 Å². The van der Waals surface area contributed by atoms with Crippen molar-refractivity contribution < 1.29 is 19.1 Å². The number of fused-ring (bicyclic) bond motifs is 4. The van der Waals surface area contributed by atoms with Crippen LogP contribution in [0.4, 0.5) is 0 Å². The third kappa shape index (κ3) is 22.1. The van der Waals surface area contributed by atoms with Gasteiger partial charge in [0, 0.05) is 17.4 Å². The molecule has 0 N–H and O–H groups in total. The standard InChI is InChI=1S/C22H30.C21H26.C18H24.C12H18.C11H20O2.C11H22O2.4CH4/c1-11-13(3)17(7)21(18(8)14(11)4)22-19(9)15(5)12(2)16(6)20(22)10;1-11-9-17-18-10-12(2)14(4)16(6)20(18)21(7,8)19(17)15(5)13(11)3;1-9-10(2)14(6)18-16(8)12(4)11(3)15(7)17(18)13(9)5;1-7-8(2)10(4)12(6)11(5)9(7)3;1-8(2)9(3)10(12)13-7-11(4,5)6;1-3-5-7-8-10-13-11(12)9-6-4-2;;;;/h1-10H3;9-10H,1-8H3;1-8H3;1-6H3;7H2,1-6H3;3-10H2,1-2H3;4*1H4. The molecule has 4 heteroatoms. The predicted molar refractivity (Wildman–Crippen MR) is 464 cm³/mol. The average Bonchev–Trinajstić information content (AvgIpc) is 1.61. The molecule has 7 aromatic rings. The number of unbranched alkanes of at least 4 members (excludes halogenated alkanes) is 4. The topological polar surface area (TPSA) is 52.6 Å². The average molecular weight is 1410 g/mol. The molecule has 8 rings (SSSR count). The van der Waals surface area contributed by atoms with E-state index in [1.54, 1.807) is 6.92 Å². The van der Waals surface area contributed by atoms with Gasteiger partial charge >= 0.3 is 11.9 Å². The van der Waals surface area contributed by atoms with Crippen molar-refractivity contribution in [1.82, 2.24) is 0 Å². The molecule has 0 heterocycles. The van der Waals surface area contributed by atoms with Gasteiger partial charge in [-0.3, -0.25) is 4.79 Å². The van der Waals surface area contributed by atoms with E-state index < -0.39 is 0 Å². The maximum absolute atomic E-state index is 11.4. The second kappa shape index (κ2) is 40.8. The number of rotatable bonds is 11. The number of ether oxygens (including phenoxy) is 2. The Balaban J connectivity index is 0. The van der Waals surface area contributed by atoms with Gasteiger partial charge in [0.2, 0.25) is 0 Å². The van der Waals surface area contributed by atoms with Crippen LogP contribution in [0.1, 0.15) is 322 Å². The number of hydrogen-bond donors (Lipinski definition) is 0. The van der Waals surface area contributed by atoms with E-state index in [-0.39, 0.29) is 52.5 Å². The van der Waals surface area contributed by atoms with Crippen LogP contribution < -0.4 is 0 Å². The summed E-state index contributed by atoms with van der Waals surface area (Å²) in [5, 5.41) is 2.97. The Kier molecular flexibility index (Phi) is 39.1. The Morgan fingerprint density at radius 3 is 0.854 bits per heavy atom. The minimum absolute atomic E-state index is 0. The normalized spacial score (nSPS) is 11.3. The van der Waals surface area contributed by atoms with Gasteiger partial charge in [0.15, 0.2) is 0 Å². The molecule has 4 nitrogen and oxygen atoms in total. The lowest BCUT2D eigenvalue weighted by atomic mass is 9.76. The zero-order valence-electron chi connectivity index (χ0n) is 71.2. The molecular weight excluding hydrogens is 1250 g/mol. The van der Waals surface area contributed by atoms with E-state index in [1.807, 2.05) is 34.6 Å². The van der Waals surface area contributed by atoms with Gasteiger partial charge in [-0.15, -0.1) is 0 Å². The summed E-state index contributed by atoms with van der Waals surface area (Å²) in [6.45, 7) is 89.5. The molecule has 0 radical (unpaired) electrons. The molecule has 1 aliphatic rings. The molecule has 103 heavy (non-hydrogen) atoms. The van der Waals surface area contributed by atoms with Crippen molar-refractivity contribution >= 4 is 22.7 Å². The first-order valence-corrected chi connectivity index (χ1v) is 37.4. The summed E-state index contributed by atoms with van der Waals surface area (Å²) in [6, 6.07) is 4.80. The number of benzene rings is 7. The van der Waals surface area contributed by atoms with Gasteiger partial charge < -0.3 is 9.47 Å². The summed E-state index contributed by atoms with van der Waals surface area (Å²) >= 11 is 0. The molecule has 0 bridgehead atoms. The molecule has 0 amide bonds. The second-order valence-corrected chi connectivity index (χ2v) is 32.0. The van der Waals surface area contributed by atoms with Crippen molar-refractivity contribution in [3.05, 3.63) is 201 Å². The highest BCUT2D eigenvalue weighted by Crippen LogP contribution is 2.53. The molecule has 0 fully saturated rings. The smallest absolute Gasteiger partial charge is 0.333 e. The SMILES string of the molecule is C.C.C.C.CC(C)=C(C)C(=O)OCC(C)(C)C.CCCCCCOC(=O)CCCC.Cc1c(C)c(C)c(-c2c(C)c(C)c(C)c(C)c2C)c(C)c1C.Cc1c(C)c(C)c(C)c(C)c1C.Cc1c(C)c(C)c2c(C)c(C)c(C)c(C)c2c1C.Cc1cc2c(c(C)c1C)C(C)(C)c1c-2cc(C)c(C)c1C. The van der Waals surface area contributed by atoms with E-state index in [0.717, 1.165) is 24.8 Å². The number of carbonyl (C=O) groups is 2. The highest BCUT2D eigenvalue weighted by molar-refractivity contribution is 5.97. The lowest BCUT2D eigenvalue weighted by molar-refractivity contribution is -0.144. The molecule has 0 aromatic heterocycles. The maximum Gasteiger partial charge on any atom is 0.333 e. The molecule has 0 saturated heterocycles. The lowest BCUT2D eigenvalue weighted by Crippen LogP contribution is -2.19. The van der Waals surface area contributed by atoms with Crippen LogP contribution in [-0.4, -0.2) is 25.2 Å². The Hall–Kier alpha value is -6.52. The van der Waals surface area contributed by atoms with Gasteiger partial charge in [-0.2, -0.15) is 0 Å². The number of hydrogen-bond acceptors (Lipinski definition) is 4. The van der Waals surface area contributed by atoms with Crippen LogP contribution in [0.5, 0.6) is 0 Å². The summed E-state index contributed by atoms with van der Waals surface area (Å²) < 4.78 is 10.2. The van der Waals surface area contributed by atoms with Crippen molar-refractivity contribution in [3.8, 4) is 22.3 Å². The number of esters is 2. The third-order valence-electron chi connectivity index (χ3n) is 24.3. The third-order valence-corrected chi connectivity index (χ3v) is 24.3. The highest BCUT2D eigenvalue weighted by atomic mass is 16.5. The van der Waals surface area contributed by atoms with Crippen molar-refractivity contribution in [2.45, 2.75) is 357 Å². The van der Waals surface area contributed by atoms with Gasteiger partial charge in [-0.25, -0.2) is 4.79 Å². The second-order valence-electron chi connectivity index (χ2n) is 32.0. The maximum atomic E-state index is 11.4. The molecule has 0 atom stereocenters. The fraction of sp³-hybridized carbons (Fsp3) is 0.556. The van der Waals surface area contributed by atoms with Gasteiger partial charge in [-0.05, 0) is 458 Å². The van der Waals surface area contributed by atoms with E-state index in [0.29, 0.717) is 25.2 Å². The summed E-state index contributed by atoms with van der Waals surface area (Å²) in [5.74, 6) is -0.228. The molecule has 0 aliphatic heterocycles. The van der Waals surface area contributed by atoms with E-state index in [2.05, 4.69) is 248 Å². The quantitative estimate of drug-likeness (QED) is 0.0736. The molecule has 0 unspecified atom stereocenters. The summed E-state index contributed by atoms with van der Waals surface area (Å²) in [5.41, 5.74) is 54.2. The first-order valence-electron chi connectivity index (χ1n) is 37.4. The summed E-state index contributed by atoms with van der Waals surface area (Å²) in [6.07, 6.45) is 7.27. The Labute approximate surface area is 637 Å². The van der Waals surface area contributed by atoms with Crippen molar-refractivity contribution in [2.24, 2.45) is 5.41 Å². The molecule has 7 aromatic carbocycles. The molecule has 576 valence electrons. The van der Waals surface area contributed by atoms with Crippen molar-refractivity contribution in [2.75, 3.05) is 13.2 Å². The van der Waals surface area contributed by atoms with E-state index in [4.69, 9.17) is 9.47 Å². The van der Waals surface area contributed by atoms with Gasteiger partial charge in [0.05, 0.1) is 13.2 Å². The Morgan fingerprint density at radius 1 is 0.340 bits per heavy atom. The van der Waals surface area contributed by atoms with Crippen molar-refractivity contribution in [1.29, 1.82) is 0 Å². The largest absolute Gasteiger partial charge is 0.466 e. The minimum Gasteiger partial charge on any atom is -0.466 e. The molecule has 0 spiro atoms. The fourth-order valence-electron chi connectivity index (χ4n) is 14.7. The monoisotopic (exact) mass is 1410 g/mol. The fourth-order valence-corrected chi connectivity index (χ4v) is 14.7. The molecule has 1 aliphatic carbocycles. The Morgan fingerprint density at radius 2 is 0.602 bits per heavy atom. The number of aryl methyl sites for hydroxylation is 6. The predicted octanol–water partition coefficient (Wildman–Crippen LogP) is 29.9. The first kappa shape index (κ1) is 98.5. The van der Waals surface area contributed by atoms with Crippen LogP contribution in [-0.2, 0) is 24.5 Å². The van der Waals surface area contributed by atoms with Gasteiger partial charge in [0.1, 0.15) is 0 Å². The first-order chi connectivity index (χ1) is 45.6. The summed E-state index contributed by atoms with van der Waals surface area (Å²) in [4.78, 5) is 22.4. The van der Waals surface area contributed by atoms with Crippen molar-refractivity contribution in [3.63, 3.8) is 0 Å². The van der Waals surface area contributed by atoms with E-state index in [1.165, 1.54) is 230 Å². The van der Waals surface area contributed by atoms with Crippen LogP contribution in [0.25, 0.3) is 33.0 Å². The minimum atomic E-state index is -0.199. The van der Waals surface area contributed by atoms with Crippen LogP contribution >= 0.6 is 0 Å². The van der Waals surface area contributed by atoms with Crippen LogP contribution in [0.3, 0.4) is 0 Å². The summed E-state index contributed by atoms with van der Waals surface area (Å²) in [7, 11) is 0.